The van der Waals surface area contributed by atoms with Crippen molar-refractivity contribution >= 4 is 34.2 Å². The average Bonchev–Trinajstić information content (AvgIpc) is 2.67. The van der Waals surface area contributed by atoms with Crippen molar-refractivity contribution in [3.63, 3.8) is 0 Å². The predicted octanol–water partition coefficient (Wildman–Crippen LogP) is 4.13. The highest BCUT2D eigenvalue weighted by Gasteiger charge is 2.50. The molecule has 2 aliphatic rings. The first kappa shape index (κ1) is 16.1. The smallest absolute Gasteiger partial charge is 0.242 e. The third-order valence-electron chi connectivity index (χ3n) is 5.02. The van der Waals surface area contributed by atoms with E-state index in [-0.39, 0.29) is 5.91 Å². The number of hydrogen-bond acceptors (Lipinski definition) is 2. The predicted molar refractivity (Wildman–Crippen MR) is 98.9 cm³/mol. The third-order valence-corrected chi connectivity index (χ3v) is 5.74. The standard InChI is InChI=1S/C18H25IN2O/c1-17(2)8-15-9-18(3,11-17)12-21(15)16(22)10-20-14-6-4-13(19)5-7-14/h4-7,15,20H,8-12H2,1-3H3/t15-,18-/m0/s1. The highest BCUT2D eigenvalue weighted by Crippen LogP contribution is 2.52. The van der Waals surface area contributed by atoms with Crippen LogP contribution in [0, 0.1) is 14.4 Å². The number of benzene rings is 1. The topological polar surface area (TPSA) is 32.3 Å². The van der Waals surface area contributed by atoms with Crippen molar-refractivity contribution in [2.24, 2.45) is 10.8 Å². The molecule has 0 aromatic heterocycles. The van der Waals surface area contributed by atoms with E-state index in [9.17, 15) is 4.79 Å². The molecule has 3 nitrogen and oxygen atoms in total. The number of nitrogens with zero attached hydrogens (tertiary/aromatic N) is 1. The summed E-state index contributed by atoms with van der Waals surface area (Å²) < 4.78 is 1.21. The second-order valence-electron chi connectivity index (χ2n) is 8.10. The Hall–Kier alpha value is -0.780. The summed E-state index contributed by atoms with van der Waals surface area (Å²) in [4.78, 5) is 14.8. The first-order valence-corrected chi connectivity index (χ1v) is 9.13. The number of anilines is 1. The lowest BCUT2D eigenvalue weighted by Gasteiger charge is -2.39. The van der Waals surface area contributed by atoms with Crippen LogP contribution in [0.1, 0.15) is 40.0 Å². The molecule has 1 aliphatic carbocycles. The van der Waals surface area contributed by atoms with Gasteiger partial charge in [-0.15, -0.1) is 0 Å². The van der Waals surface area contributed by atoms with E-state index in [1.54, 1.807) is 0 Å². The van der Waals surface area contributed by atoms with Gasteiger partial charge in [0, 0.05) is 21.8 Å². The van der Waals surface area contributed by atoms with Crippen LogP contribution < -0.4 is 5.32 Å². The van der Waals surface area contributed by atoms with Crippen molar-refractivity contribution in [3.8, 4) is 0 Å². The number of carbonyl (C=O) groups is 1. The Labute approximate surface area is 147 Å². The van der Waals surface area contributed by atoms with Crippen molar-refractivity contribution in [1.82, 2.24) is 4.90 Å². The molecule has 1 aliphatic heterocycles. The number of nitrogens with one attached hydrogen (secondary N) is 1. The van der Waals surface area contributed by atoms with Gasteiger partial charge in [-0.25, -0.2) is 0 Å². The van der Waals surface area contributed by atoms with E-state index in [2.05, 4.69) is 65.7 Å². The summed E-state index contributed by atoms with van der Waals surface area (Å²) in [6, 6.07) is 8.60. The molecule has 0 radical (unpaired) electrons. The summed E-state index contributed by atoms with van der Waals surface area (Å²) >= 11 is 2.29. The van der Waals surface area contributed by atoms with Crippen molar-refractivity contribution in [1.29, 1.82) is 0 Å². The summed E-state index contributed by atoms with van der Waals surface area (Å²) in [5, 5.41) is 3.27. The lowest BCUT2D eigenvalue weighted by molar-refractivity contribution is -0.130. The molecule has 0 unspecified atom stereocenters. The summed E-state index contributed by atoms with van der Waals surface area (Å²) in [5.41, 5.74) is 1.68. The maximum Gasteiger partial charge on any atom is 0.242 e. The minimum atomic E-state index is 0.241. The molecular weight excluding hydrogens is 387 g/mol. The van der Waals surface area contributed by atoms with Crippen molar-refractivity contribution < 1.29 is 4.79 Å². The molecule has 2 bridgehead atoms. The molecule has 1 aromatic rings. The Morgan fingerprint density at radius 1 is 1.27 bits per heavy atom. The first-order chi connectivity index (χ1) is 10.3. The van der Waals surface area contributed by atoms with E-state index in [0.717, 1.165) is 18.7 Å². The van der Waals surface area contributed by atoms with Crippen LogP contribution in [0.2, 0.25) is 0 Å². The maximum absolute atomic E-state index is 12.6. The number of halogens is 1. The summed E-state index contributed by atoms with van der Waals surface area (Å²) in [6.45, 7) is 8.35. The molecule has 2 fully saturated rings. The fraction of sp³-hybridized carbons (Fsp3) is 0.611. The van der Waals surface area contributed by atoms with Crippen LogP contribution in [0.3, 0.4) is 0 Å². The molecule has 1 amide bonds. The van der Waals surface area contributed by atoms with E-state index in [1.165, 1.54) is 16.4 Å². The van der Waals surface area contributed by atoms with Gasteiger partial charge in [-0.3, -0.25) is 4.79 Å². The van der Waals surface area contributed by atoms with Crippen LogP contribution in [0.25, 0.3) is 0 Å². The van der Waals surface area contributed by atoms with Gasteiger partial charge in [0.25, 0.3) is 0 Å². The molecule has 3 rings (SSSR count). The van der Waals surface area contributed by atoms with Gasteiger partial charge in [0.05, 0.1) is 6.54 Å². The van der Waals surface area contributed by atoms with Crippen LogP contribution in [-0.2, 0) is 4.79 Å². The third kappa shape index (κ3) is 3.42. The molecule has 2 atom stereocenters. The van der Waals surface area contributed by atoms with Gasteiger partial charge in [0.2, 0.25) is 5.91 Å². The zero-order valence-corrected chi connectivity index (χ0v) is 15.8. The molecule has 22 heavy (non-hydrogen) atoms. The Kier molecular flexibility index (Phi) is 4.16. The van der Waals surface area contributed by atoms with Crippen LogP contribution in [0.5, 0.6) is 0 Å². The lowest BCUT2D eigenvalue weighted by atomic mass is 9.65. The van der Waals surface area contributed by atoms with Crippen LogP contribution in [0.4, 0.5) is 5.69 Å². The van der Waals surface area contributed by atoms with E-state index in [0.29, 0.717) is 23.4 Å². The molecule has 1 aromatic carbocycles. The molecule has 4 heteroatoms. The molecule has 1 heterocycles. The number of rotatable bonds is 3. The van der Waals surface area contributed by atoms with E-state index in [1.807, 2.05) is 12.1 Å². The normalized spacial score (nSPS) is 29.5. The SMILES string of the molecule is CC1(C)C[C@H]2C[C@](C)(CN2C(=O)CNc2ccc(I)cc2)C1. The molecule has 0 spiro atoms. The largest absolute Gasteiger partial charge is 0.376 e. The zero-order chi connectivity index (χ0) is 16.0. The summed E-state index contributed by atoms with van der Waals surface area (Å²) in [5.74, 6) is 0.241. The van der Waals surface area contributed by atoms with E-state index < -0.39 is 0 Å². The summed E-state index contributed by atoms with van der Waals surface area (Å²) in [6.07, 6.45) is 3.54. The second-order valence-corrected chi connectivity index (χ2v) is 9.34. The van der Waals surface area contributed by atoms with Gasteiger partial charge in [-0.1, -0.05) is 20.8 Å². The molecular formula is C18H25IN2O. The Bertz CT molecular complexity index is 569. The van der Waals surface area contributed by atoms with Gasteiger partial charge in [-0.05, 0) is 76.9 Å². The zero-order valence-electron chi connectivity index (χ0n) is 13.7. The number of likely N-dealkylation sites (tertiary alicyclic amines) is 1. The average molecular weight is 412 g/mol. The highest BCUT2D eigenvalue weighted by molar-refractivity contribution is 14.1. The monoisotopic (exact) mass is 412 g/mol. The van der Waals surface area contributed by atoms with Crippen LogP contribution in [-0.4, -0.2) is 29.9 Å². The molecule has 120 valence electrons. The fourth-order valence-corrected chi connectivity index (χ4v) is 4.96. The fourth-order valence-electron chi connectivity index (χ4n) is 4.60. The number of fused-ring (bicyclic) bond motifs is 2. The number of amides is 1. The molecule has 1 N–H and O–H groups in total. The lowest BCUT2D eigenvalue weighted by Crippen LogP contribution is -2.40. The second kappa shape index (κ2) is 5.69. The highest BCUT2D eigenvalue weighted by atomic mass is 127. The van der Waals surface area contributed by atoms with Crippen molar-refractivity contribution in [3.05, 3.63) is 27.8 Å². The van der Waals surface area contributed by atoms with E-state index >= 15 is 0 Å². The van der Waals surface area contributed by atoms with Crippen molar-refractivity contribution in [2.75, 3.05) is 18.4 Å². The van der Waals surface area contributed by atoms with Gasteiger partial charge in [0.1, 0.15) is 0 Å². The maximum atomic E-state index is 12.6. The van der Waals surface area contributed by atoms with Gasteiger partial charge < -0.3 is 10.2 Å². The summed E-state index contributed by atoms with van der Waals surface area (Å²) in [7, 11) is 0. The quantitative estimate of drug-likeness (QED) is 0.758. The Balaban J connectivity index is 1.62. The molecule has 1 saturated carbocycles. The number of hydrogen-bond donors (Lipinski definition) is 1. The van der Waals surface area contributed by atoms with Crippen LogP contribution in [0.15, 0.2) is 24.3 Å². The Morgan fingerprint density at radius 3 is 2.64 bits per heavy atom. The minimum Gasteiger partial charge on any atom is -0.376 e. The first-order valence-electron chi connectivity index (χ1n) is 8.05. The molecule has 1 saturated heterocycles. The van der Waals surface area contributed by atoms with Gasteiger partial charge in [-0.2, -0.15) is 0 Å². The van der Waals surface area contributed by atoms with Crippen molar-refractivity contribution in [2.45, 2.75) is 46.1 Å². The van der Waals surface area contributed by atoms with Crippen LogP contribution >= 0.6 is 22.6 Å². The Morgan fingerprint density at radius 2 is 1.95 bits per heavy atom. The van der Waals surface area contributed by atoms with Gasteiger partial charge in [0.15, 0.2) is 0 Å². The number of carbonyl (C=O) groups excluding carboxylic acids is 1. The van der Waals surface area contributed by atoms with Gasteiger partial charge >= 0.3 is 0 Å². The minimum absolute atomic E-state index is 0.241. The van der Waals surface area contributed by atoms with E-state index in [4.69, 9.17) is 0 Å².